The quantitative estimate of drug-likeness (QED) is 0.737. The smallest absolute Gasteiger partial charge is 0.220 e. The number of para-hydroxylation sites is 1. The van der Waals surface area contributed by atoms with E-state index in [1.165, 1.54) is 11.8 Å². The summed E-state index contributed by atoms with van der Waals surface area (Å²) in [6, 6.07) is 9.69. The van der Waals surface area contributed by atoms with Crippen LogP contribution in [-0.2, 0) is 0 Å². The molecule has 0 atom stereocenters. The first kappa shape index (κ1) is 13.5. The van der Waals surface area contributed by atoms with E-state index in [9.17, 15) is 0 Å². The largest absolute Gasteiger partial charge is 0.383 e. The summed E-state index contributed by atoms with van der Waals surface area (Å²) in [4.78, 5) is 8.54. The molecular formula is C13H13N7S. The summed E-state index contributed by atoms with van der Waals surface area (Å²) in [6.07, 6.45) is 0. The van der Waals surface area contributed by atoms with E-state index in [2.05, 4.69) is 25.5 Å². The second-order valence-corrected chi connectivity index (χ2v) is 5.35. The summed E-state index contributed by atoms with van der Waals surface area (Å²) in [5.41, 5.74) is 7.59. The molecule has 0 saturated heterocycles. The van der Waals surface area contributed by atoms with E-state index in [0.29, 0.717) is 16.8 Å². The molecule has 21 heavy (non-hydrogen) atoms. The van der Waals surface area contributed by atoms with Crippen molar-refractivity contribution in [3.8, 4) is 5.69 Å². The maximum atomic E-state index is 5.88. The number of aromatic nitrogens is 6. The molecule has 0 aliphatic heterocycles. The molecule has 0 saturated carbocycles. The Morgan fingerprint density at radius 3 is 2.62 bits per heavy atom. The van der Waals surface area contributed by atoms with Crippen LogP contribution in [0.3, 0.4) is 0 Å². The predicted octanol–water partition coefficient (Wildman–Crippen LogP) is 1.80. The Labute approximate surface area is 125 Å². The van der Waals surface area contributed by atoms with E-state index >= 15 is 0 Å². The van der Waals surface area contributed by atoms with Gasteiger partial charge in [0.25, 0.3) is 0 Å². The molecule has 0 amide bonds. The van der Waals surface area contributed by atoms with Crippen LogP contribution in [0.25, 0.3) is 5.69 Å². The van der Waals surface area contributed by atoms with Gasteiger partial charge in [-0.3, -0.25) is 0 Å². The first-order valence-electron chi connectivity index (χ1n) is 6.27. The van der Waals surface area contributed by atoms with Crippen LogP contribution < -0.4 is 5.73 Å². The van der Waals surface area contributed by atoms with Crippen molar-refractivity contribution < 1.29 is 0 Å². The highest BCUT2D eigenvalue weighted by Gasteiger charge is 2.14. The van der Waals surface area contributed by atoms with Gasteiger partial charge in [0.15, 0.2) is 0 Å². The molecule has 0 aliphatic rings. The first-order valence-corrected chi connectivity index (χ1v) is 7.09. The van der Waals surface area contributed by atoms with Crippen LogP contribution in [0.5, 0.6) is 0 Å². The van der Waals surface area contributed by atoms with Gasteiger partial charge in [-0.25, -0.2) is 9.97 Å². The third-order valence-electron chi connectivity index (χ3n) is 2.88. The van der Waals surface area contributed by atoms with Crippen molar-refractivity contribution in [2.45, 2.75) is 24.0 Å². The van der Waals surface area contributed by atoms with Gasteiger partial charge < -0.3 is 5.73 Å². The van der Waals surface area contributed by atoms with Gasteiger partial charge in [-0.2, -0.15) is 4.68 Å². The van der Waals surface area contributed by atoms with Crippen LogP contribution in [0, 0.1) is 13.8 Å². The Hall–Kier alpha value is -2.48. The number of nitrogen functional groups attached to an aromatic ring is 1. The number of aryl methyl sites for hydroxylation is 1. The van der Waals surface area contributed by atoms with Gasteiger partial charge in [0, 0.05) is 5.56 Å². The number of nitrogens with two attached hydrogens (primary N) is 1. The standard InChI is InChI=1S/C13H13N7S/c1-8-11(14)15-9(2)16-12(8)21-13-17-18-19-20(13)10-6-4-3-5-7-10/h3-7H,1-2H3,(H2,14,15,16). The molecule has 0 radical (unpaired) electrons. The molecule has 3 aromatic rings. The van der Waals surface area contributed by atoms with E-state index in [1.54, 1.807) is 11.6 Å². The fraction of sp³-hybridized carbons (Fsp3) is 0.154. The number of rotatable bonds is 3. The Balaban J connectivity index is 1.99. The monoisotopic (exact) mass is 299 g/mol. The summed E-state index contributed by atoms with van der Waals surface area (Å²) in [6.45, 7) is 3.69. The highest BCUT2D eigenvalue weighted by Crippen LogP contribution is 2.29. The average Bonchev–Trinajstić information content (AvgIpc) is 2.93. The van der Waals surface area contributed by atoms with E-state index in [4.69, 9.17) is 5.73 Å². The predicted molar refractivity (Wildman–Crippen MR) is 79.2 cm³/mol. The first-order chi connectivity index (χ1) is 10.1. The fourth-order valence-corrected chi connectivity index (χ4v) is 2.70. The number of anilines is 1. The number of hydrogen-bond acceptors (Lipinski definition) is 7. The minimum Gasteiger partial charge on any atom is -0.383 e. The van der Waals surface area contributed by atoms with Gasteiger partial charge in [0.2, 0.25) is 5.16 Å². The van der Waals surface area contributed by atoms with E-state index in [1.807, 2.05) is 37.3 Å². The summed E-state index contributed by atoms with van der Waals surface area (Å²) in [7, 11) is 0. The third-order valence-corrected chi connectivity index (χ3v) is 3.91. The molecule has 7 nitrogen and oxygen atoms in total. The van der Waals surface area contributed by atoms with Crippen LogP contribution in [0.2, 0.25) is 0 Å². The summed E-state index contributed by atoms with van der Waals surface area (Å²) in [5, 5.41) is 13.2. The van der Waals surface area contributed by atoms with Gasteiger partial charge in [-0.1, -0.05) is 18.2 Å². The number of hydrogen-bond donors (Lipinski definition) is 1. The zero-order valence-corrected chi connectivity index (χ0v) is 12.4. The molecule has 1 aromatic carbocycles. The summed E-state index contributed by atoms with van der Waals surface area (Å²) >= 11 is 1.37. The molecule has 0 spiro atoms. The van der Waals surface area contributed by atoms with E-state index < -0.39 is 0 Å². The van der Waals surface area contributed by atoms with Crippen molar-refractivity contribution in [2.24, 2.45) is 0 Å². The van der Waals surface area contributed by atoms with Gasteiger partial charge in [-0.05, 0) is 48.2 Å². The van der Waals surface area contributed by atoms with Crippen LogP contribution in [-0.4, -0.2) is 30.2 Å². The van der Waals surface area contributed by atoms with Crippen molar-refractivity contribution in [1.82, 2.24) is 30.2 Å². The lowest BCUT2D eigenvalue weighted by Crippen LogP contribution is -2.03. The number of benzene rings is 1. The Kier molecular flexibility index (Phi) is 3.53. The van der Waals surface area contributed by atoms with Crippen LogP contribution >= 0.6 is 11.8 Å². The second kappa shape index (κ2) is 5.49. The topological polar surface area (TPSA) is 95.4 Å². The van der Waals surface area contributed by atoms with Crippen molar-refractivity contribution in [3.05, 3.63) is 41.7 Å². The lowest BCUT2D eigenvalue weighted by atomic mass is 10.3. The van der Waals surface area contributed by atoms with Crippen LogP contribution in [0.15, 0.2) is 40.5 Å². The Morgan fingerprint density at radius 2 is 1.86 bits per heavy atom. The summed E-state index contributed by atoms with van der Waals surface area (Å²) in [5.74, 6) is 1.10. The average molecular weight is 299 g/mol. The molecule has 0 bridgehead atoms. The maximum absolute atomic E-state index is 5.88. The molecule has 0 fully saturated rings. The van der Waals surface area contributed by atoms with Crippen molar-refractivity contribution >= 4 is 17.6 Å². The SMILES string of the molecule is Cc1nc(N)c(C)c(Sc2nnnn2-c2ccccc2)n1. The van der Waals surface area contributed by atoms with Crippen molar-refractivity contribution in [3.63, 3.8) is 0 Å². The Bertz CT molecular complexity index is 769. The Morgan fingerprint density at radius 1 is 1.10 bits per heavy atom. The fourth-order valence-electron chi connectivity index (χ4n) is 1.78. The highest BCUT2D eigenvalue weighted by molar-refractivity contribution is 7.99. The summed E-state index contributed by atoms with van der Waals surface area (Å²) < 4.78 is 1.66. The number of tetrazole rings is 1. The lowest BCUT2D eigenvalue weighted by molar-refractivity contribution is 0.755. The molecule has 0 aliphatic carbocycles. The molecule has 0 unspecified atom stereocenters. The van der Waals surface area contributed by atoms with Crippen molar-refractivity contribution in [2.75, 3.05) is 5.73 Å². The molecule has 8 heteroatoms. The van der Waals surface area contributed by atoms with Gasteiger partial charge >= 0.3 is 0 Å². The molecule has 3 rings (SSSR count). The molecule has 2 aromatic heterocycles. The minimum absolute atomic E-state index is 0.476. The van der Waals surface area contributed by atoms with E-state index in [-0.39, 0.29) is 0 Å². The minimum atomic E-state index is 0.476. The van der Waals surface area contributed by atoms with E-state index in [0.717, 1.165) is 16.3 Å². The van der Waals surface area contributed by atoms with Crippen molar-refractivity contribution in [1.29, 1.82) is 0 Å². The normalized spacial score (nSPS) is 10.8. The number of nitrogens with zero attached hydrogens (tertiary/aromatic N) is 6. The van der Waals surface area contributed by atoms with Crippen LogP contribution in [0.4, 0.5) is 5.82 Å². The molecule has 106 valence electrons. The third kappa shape index (κ3) is 2.70. The second-order valence-electron chi connectivity index (χ2n) is 4.40. The lowest BCUT2D eigenvalue weighted by Gasteiger charge is -2.07. The van der Waals surface area contributed by atoms with Gasteiger partial charge in [0.05, 0.1) is 5.69 Å². The van der Waals surface area contributed by atoms with Crippen LogP contribution in [0.1, 0.15) is 11.4 Å². The molecule has 2 N–H and O–H groups in total. The molecular weight excluding hydrogens is 286 g/mol. The maximum Gasteiger partial charge on any atom is 0.220 e. The zero-order valence-electron chi connectivity index (χ0n) is 11.6. The van der Waals surface area contributed by atoms with Gasteiger partial charge in [-0.15, -0.1) is 5.10 Å². The zero-order chi connectivity index (χ0) is 14.8. The highest BCUT2D eigenvalue weighted by atomic mass is 32.2. The van der Waals surface area contributed by atoms with Gasteiger partial charge in [0.1, 0.15) is 16.7 Å². The molecule has 2 heterocycles.